The molecule has 0 aliphatic carbocycles. The molecule has 2 rings (SSSR count). The minimum Gasteiger partial charge on any atom is -0.435 e. The van der Waals surface area contributed by atoms with E-state index in [1.165, 1.54) is 24.3 Å². The number of halogens is 2. The highest BCUT2D eigenvalue weighted by Gasteiger charge is 2.22. The smallest absolute Gasteiger partial charge is 0.387 e. The third-order valence-corrected chi connectivity index (χ3v) is 3.42. The molecule has 0 saturated carbocycles. The number of amides is 1. The van der Waals surface area contributed by atoms with Crippen LogP contribution in [0.4, 0.5) is 8.78 Å². The van der Waals surface area contributed by atoms with Crippen molar-refractivity contribution in [2.24, 2.45) is 0 Å². The van der Waals surface area contributed by atoms with Crippen molar-refractivity contribution < 1.29 is 18.3 Å². The molecule has 0 bridgehead atoms. The summed E-state index contributed by atoms with van der Waals surface area (Å²) in [6, 6.07) is 6.01. The van der Waals surface area contributed by atoms with Gasteiger partial charge in [-0.3, -0.25) is 4.79 Å². The molecule has 4 nitrogen and oxygen atoms in total. The summed E-state index contributed by atoms with van der Waals surface area (Å²) in [5.41, 5.74) is 0.435. The number of rotatable bonds is 4. The van der Waals surface area contributed by atoms with Crippen LogP contribution < -0.4 is 15.4 Å². The van der Waals surface area contributed by atoms with E-state index in [1.807, 2.05) is 6.92 Å². The van der Waals surface area contributed by atoms with Crippen LogP contribution in [0.15, 0.2) is 24.3 Å². The molecule has 1 aliphatic heterocycles. The SMILES string of the molecule is CC1NCCCC1NC(=O)c1ccc(OC(F)F)cc1. The maximum absolute atomic E-state index is 12.1. The van der Waals surface area contributed by atoms with E-state index in [2.05, 4.69) is 15.4 Å². The van der Waals surface area contributed by atoms with Crippen molar-refractivity contribution in [3.8, 4) is 5.75 Å². The number of benzene rings is 1. The molecule has 0 radical (unpaired) electrons. The van der Waals surface area contributed by atoms with Gasteiger partial charge in [0.2, 0.25) is 0 Å². The van der Waals surface area contributed by atoms with Gasteiger partial charge in [-0.25, -0.2) is 0 Å². The van der Waals surface area contributed by atoms with Gasteiger partial charge in [0.15, 0.2) is 0 Å². The average molecular weight is 284 g/mol. The predicted octanol–water partition coefficient (Wildman–Crippen LogP) is 2.16. The summed E-state index contributed by atoms with van der Waals surface area (Å²) in [6.45, 7) is 0.139. The van der Waals surface area contributed by atoms with Crippen LogP contribution in [0.25, 0.3) is 0 Å². The summed E-state index contributed by atoms with van der Waals surface area (Å²) < 4.78 is 28.3. The maximum atomic E-state index is 12.1. The molecular weight excluding hydrogens is 266 g/mol. The lowest BCUT2D eigenvalue weighted by atomic mass is 9.99. The van der Waals surface area contributed by atoms with Gasteiger partial charge in [0.1, 0.15) is 5.75 Å². The van der Waals surface area contributed by atoms with E-state index < -0.39 is 6.61 Å². The Hall–Kier alpha value is -1.69. The Morgan fingerprint density at radius 3 is 2.70 bits per heavy atom. The number of ether oxygens (including phenoxy) is 1. The zero-order valence-corrected chi connectivity index (χ0v) is 11.2. The minimum absolute atomic E-state index is 0.0456. The lowest BCUT2D eigenvalue weighted by Crippen LogP contribution is -2.51. The monoisotopic (exact) mass is 284 g/mol. The highest BCUT2D eigenvalue weighted by Crippen LogP contribution is 2.15. The fourth-order valence-corrected chi connectivity index (χ4v) is 2.28. The topological polar surface area (TPSA) is 50.4 Å². The normalized spacial score (nSPS) is 22.6. The molecule has 2 unspecified atom stereocenters. The quantitative estimate of drug-likeness (QED) is 0.891. The van der Waals surface area contributed by atoms with Crippen LogP contribution >= 0.6 is 0 Å². The van der Waals surface area contributed by atoms with Crippen molar-refractivity contribution in [3.63, 3.8) is 0 Å². The van der Waals surface area contributed by atoms with Crippen molar-refractivity contribution in [3.05, 3.63) is 29.8 Å². The lowest BCUT2D eigenvalue weighted by molar-refractivity contribution is -0.0498. The van der Waals surface area contributed by atoms with Crippen LogP contribution in [0.5, 0.6) is 5.75 Å². The highest BCUT2D eigenvalue weighted by atomic mass is 19.3. The van der Waals surface area contributed by atoms with Crippen LogP contribution in [0.3, 0.4) is 0 Å². The summed E-state index contributed by atoms with van der Waals surface area (Å²) in [5.74, 6) is -0.154. The number of hydrogen-bond acceptors (Lipinski definition) is 3. The Labute approximate surface area is 116 Å². The van der Waals surface area contributed by atoms with E-state index in [0.29, 0.717) is 5.56 Å². The molecule has 2 atom stereocenters. The van der Waals surface area contributed by atoms with Crippen molar-refractivity contribution >= 4 is 5.91 Å². The van der Waals surface area contributed by atoms with Gasteiger partial charge < -0.3 is 15.4 Å². The number of carbonyl (C=O) groups excluding carboxylic acids is 1. The zero-order valence-electron chi connectivity index (χ0n) is 11.2. The summed E-state index contributed by atoms with van der Waals surface area (Å²) in [6.07, 6.45) is 1.96. The number of carbonyl (C=O) groups is 1. The second-order valence-electron chi connectivity index (χ2n) is 4.87. The first-order chi connectivity index (χ1) is 9.56. The standard InChI is InChI=1S/C14H18F2N2O2/c1-9-12(3-2-8-17-9)18-13(19)10-4-6-11(7-5-10)20-14(15)16/h4-7,9,12,14,17H,2-3,8H2,1H3,(H,18,19). The zero-order chi connectivity index (χ0) is 14.5. The lowest BCUT2D eigenvalue weighted by Gasteiger charge is -2.30. The molecule has 1 amide bonds. The Balaban J connectivity index is 1.95. The minimum atomic E-state index is -2.86. The van der Waals surface area contributed by atoms with Gasteiger partial charge >= 0.3 is 6.61 Å². The summed E-state index contributed by atoms with van der Waals surface area (Å²) >= 11 is 0. The Morgan fingerprint density at radius 2 is 2.10 bits per heavy atom. The molecule has 0 aromatic heterocycles. The molecule has 1 saturated heterocycles. The molecule has 1 heterocycles. The first-order valence-corrected chi connectivity index (χ1v) is 6.65. The fraction of sp³-hybridized carbons (Fsp3) is 0.500. The molecule has 1 fully saturated rings. The average Bonchev–Trinajstić information content (AvgIpc) is 2.41. The number of nitrogens with one attached hydrogen (secondary N) is 2. The molecule has 20 heavy (non-hydrogen) atoms. The number of hydrogen-bond donors (Lipinski definition) is 2. The molecular formula is C14H18F2N2O2. The van der Waals surface area contributed by atoms with Crippen molar-refractivity contribution in [2.45, 2.75) is 38.5 Å². The third-order valence-electron chi connectivity index (χ3n) is 3.42. The highest BCUT2D eigenvalue weighted by molar-refractivity contribution is 5.94. The Bertz CT molecular complexity index is 451. The van der Waals surface area contributed by atoms with Crippen LogP contribution in [0.2, 0.25) is 0 Å². The van der Waals surface area contributed by atoms with E-state index in [0.717, 1.165) is 19.4 Å². The van der Waals surface area contributed by atoms with Crippen molar-refractivity contribution in [1.82, 2.24) is 10.6 Å². The first-order valence-electron chi connectivity index (χ1n) is 6.65. The van der Waals surface area contributed by atoms with Gasteiger partial charge in [-0.1, -0.05) is 0 Å². The Kier molecular flexibility index (Phi) is 4.89. The largest absolute Gasteiger partial charge is 0.435 e. The van der Waals surface area contributed by atoms with E-state index in [-0.39, 0.29) is 23.7 Å². The summed E-state index contributed by atoms with van der Waals surface area (Å²) in [7, 11) is 0. The second-order valence-corrected chi connectivity index (χ2v) is 4.87. The predicted molar refractivity (Wildman–Crippen MR) is 71.0 cm³/mol. The van der Waals surface area contributed by atoms with Gasteiger partial charge in [0.25, 0.3) is 5.91 Å². The number of piperidine rings is 1. The number of alkyl halides is 2. The first kappa shape index (κ1) is 14.7. The van der Waals surface area contributed by atoms with Crippen molar-refractivity contribution in [1.29, 1.82) is 0 Å². The van der Waals surface area contributed by atoms with Gasteiger partial charge in [0, 0.05) is 17.6 Å². The van der Waals surface area contributed by atoms with E-state index in [1.54, 1.807) is 0 Å². The molecule has 110 valence electrons. The van der Waals surface area contributed by atoms with E-state index >= 15 is 0 Å². The molecule has 1 aromatic rings. The molecule has 6 heteroatoms. The van der Waals surface area contributed by atoms with Gasteiger partial charge in [0.05, 0.1) is 0 Å². The van der Waals surface area contributed by atoms with Crippen LogP contribution in [-0.4, -0.2) is 31.1 Å². The van der Waals surface area contributed by atoms with Crippen LogP contribution in [-0.2, 0) is 0 Å². The van der Waals surface area contributed by atoms with Crippen LogP contribution in [0, 0.1) is 0 Å². The molecule has 2 N–H and O–H groups in total. The van der Waals surface area contributed by atoms with Gasteiger partial charge in [-0.15, -0.1) is 0 Å². The third kappa shape index (κ3) is 3.90. The second kappa shape index (κ2) is 6.65. The molecule has 1 aromatic carbocycles. The maximum Gasteiger partial charge on any atom is 0.387 e. The van der Waals surface area contributed by atoms with E-state index in [4.69, 9.17) is 0 Å². The van der Waals surface area contributed by atoms with Crippen molar-refractivity contribution in [2.75, 3.05) is 6.54 Å². The van der Waals surface area contributed by atoms with E-state index in [9.17, 15) is 13.6 Å². The Morgan fingerprint density at radius 1 is 1.40 bits per heavy atom. The summed E-state index contributed by atoms with van der Waals surface area (Å²) in [4.78, 5) is 12.1. The fourth-order valence-electron chi connectivity index (χ4n) is 2.28. The van der Waals surface area contributed by atoms with Gasteiger partial charge in [-0.2, -0.15) is 8.78 Å². The van der Waals surface area contributed by atoms with Gasteiger partial charge in [-0.05, 0) is 50.6 Å². The molecule has 0 spiro atoms. The summed E-state index contributed by atoms with van der Waals surface area (Å²) in [5, 5.41) is 6.26. The molecule has 1 aliphatic rings. The van der Waals surface area contributed by atoms with Crippen LogP contribution in [0.1, 0.15) is 30.1 Å².